The van der Waals surface area contributed by atoms with Crippen LogP contribution in [0, 0.1) is 0 Å². The molecule has 1 aromatic rings. The first kappa shape index (κ1) is 14.8. The van der Waals surface area contributed by atoms with Gasteiger partial charge < -0.3 is 15.5 Å². The lowest BCUT2D eigenvalue weighted by Gasteiger charge is -2.33. The summed E-state index contributed by atoms with van der Waals surface area (Å²) >= 11 is 5.47. The fourth-order valence-electron chi connectivity index (χ4n) is 3.10. The highest BCUT2D eigenvalue weighted by Gasteiger charge is 2.31. The molecule has 114 valence electrons. The molecule has 2 fully saturated rings. The Labute approximate surface area is 133 Å². The van der Waals surface area contributed by atoms with Crippen molar-refractivity contribution in [2.45, 2.75) is 50.7 Å². The van der Waals surface area contributed by atoms with Crippen molar-refractivity contribution < 1.29 is 0 Å². The van der Waals surface area contributed by atoms with Crippen LogP contribution >= 0.6 is 12.2 Å². The number of hydrogen-bond acceptors (Lipinski definition) is 2. The quantitative estimate of drug-likeness (QED) is 0.837. The molecule has 3 nitrogen and oxygen atoms in total. The molecule has 0 spiro atoms. The van der Waals surface area contributed by atoms with E-state index in [1.54, 1.807) is 0 Å². The molecule has 0 unspecified atom stereocenters. The number of piperidine rings is 1. The van der Waals surface area contributed by atoms with Crippen molar-refractivity contribution in [2.24, 2.45) is 0 Å². The molecule has 0 bridgehead atoms. The van der Waals surface area contributed by atoms with Gasteiger partial charge in [-0.2, -0.15) is 0 Å². The van der Waals surface area contributed by atoms with E-state index in [9.17, 15) is 0 Å². The van der Waals surface area contributed by atoms with E-state index in [2.05, 4.69) is 46.7 Å². The highest BCUT2D eigenvalue weighted by molar-refractivity contribution is 7.80. The summed E-state index contributed by atoms with van der Waals surface area (Å²) in [6, 6.07) is 12.1. The van der Waals surface area contributed by atoms with Crippen LogP contribution in [0.5, 0.6) is 0 Å². The van der Waals surface area contributed by atoms with Crippen LogP contribution in [0.3, 0.4) is 0 Å². The maximum absolute atomic E-state index is 5.47. The highest BCUT2D eigenvalue weighted by Crippen LogP contribution is 2.29. The summed E-state index contributed by atoms with van der Waals surface area (Å²) in [5, 5.41) is 7.68. The Kier molecular flexibility index (Phi) is 4.76. The van der Waals surface area contributed by atoms with Gasteiger partial charge in [0, 0.05) is 25.2 Å². The molecule has 0 aromatic heterocycles. The van der Waals surface area contributed by atoms with Crippen LogP contribution in [0.15, 0.2) is 30.3 Å². The van der Waals surface area contributed by atoms with Crippen molar-refractivity contribution in [1.82, 2.24) is 15.5 Å². The summed E-state index contributed by atoms with van der Waals surface area (Å²) in [5.74, 6) is 0. The van der Waals surface area contributed by atoms with Gasteiger partial charge in [-0.15, -0.1) is 0 Å². The van der Waals surface area contributed by atoms with Crippen molar-refractivity contribution >= 4 is 17.3 Å². The molecular formula is C17H25N3S. The van der Waals surface area contributed by atoms with Gasteiger partial charge in [-0.25, -0.2) is 0 Å². The van der Waals surface area contributed by atoms with Gasteiger partial charge in [0.1, 0.15) is 0 Å². The number of likely N-dealkylation sites (tertiary alicyclic amines) is 1. The van der Waals surface area contributed by atoms with Gasteiger partial charge in [-0.3, -0.25) is 0 Å². The Balaban J connectivity index is 1.42. The molecule has 1 aliphatic heterocycles. The number of thiocarbonyl (C=S) groups is 1. The molecule has 1 heterocycles. The Hall–Kier alpha value is -1.13. The SMILES string of the molecule is C[C@H](NC(=S)NC1CCN(C2CC2)CC1)c1ccccc1. The normalized spacial score (nSPS) is 21.8. The molecule has 0 radical (unpaired) electrons. The molecule has 0 amide bonds. The topological polar surface area (TPSA) is 27.3 Å². The van der Waals surface area contributed by atoms with Crippen LogP contribution in [0.1, 0.15) is 44.2 Å². The van der Waals surface area contributed by atoms with E-state index in [0.29, 0.717) is 6.04 Å². The molecule has 21 heavy (non-hydrogen) atoms. The predicted molar refractivity (Wildman–Crippen MR) is 91.3 cm³/mol. The summed E-state index contributed by atoms with van der Waals surface area (Å²) < 4.78 is 0. The lowest BCUT2D eigenvalue weighted by molar-refractivity contribution is 0.197. The summed E-state index contributed by atoms with van der Waals surface area (Å²) in [7, 11) is 0. The summed E-state index contributed by atoms with van der Waals surface area (Å²) in [4.78, 5) is 2.64. The number of benzene rings is 1. The summed E-state index contributed by atoms with van der Waals surface area (Å²) in [5.41, 5.74) is 1.27. The van der Waals surface area contributed by atoms with Gasteiger partial charge in [0.05, 0.1) is 6.04 Å². The van der Waals surface area contributed by atoms with E-state index >= 15 is 0 Å². The minimum absolute atomic E-state index is 0.248. The predicted octanol–water partition coefficient (Wildman–Crippen LogP) is 2.84. The van der Waals surface area contributed by atoms with Crippen LogP contribution in [-0.2, 0) is 0 Å². The van der Waals surface area contributed by atoms with Crippen LogP contribution in [0.4, 0.5) is 0 Å². The van der Waals surface area contributed by atoms with Crippen LogP contribution < -0.4 is 10.6 Å². The average molecular weight is 303 g/mol. The van der Waals surface area contributed by atoms with Crippen LogP contribution in [0.25, 0.3) is 0 Å². The minimum Gasteiger partial charge on any atom is -0.360 e. The highest BCUT2D eigenvalue weighted by atomic mass is 32.1. The number of nitrogens with zero attached hydrogens (tertiary/aromatic N) is 1. The van der Waals surface area contributed by atoms with E-state index in [1.807, 2.05) is 6.07 Å². The summed E-state index contributed by atoms with van der Waals surface area (Å²) in [6.07, 6.45) is 5.23. The molecule has 1 saturated carbocycles. The van der Waals surface area contributed by atoms with E-state index < -0.39 is 0 Å². The third kappa shape index (κ3) is 4.17. The van der Waals surface area contributed by atoms with Crippen LogP contribution in [0.2, 0.25) is 0 Å². The molecule has 1 aromatic carbocycles. The van der Waals surface area contributed by atoms with Crippen molar-refractivity contribution in [3.05, 3.63) is 35.9 Å². The fourth-order valence-corrected chi connectivity index (χ4v) is 3.44. The molecular weight excluding hydrogens is 278 g/mol. The summed E-state index contributed by atoms with van der Waals surface area (Å²) in [6.45, 7) is 4.59. The minimum atomic E-state index is 0.248. The first-order valence-electron chi connectivity index (χ1n) is 8.08. The Morgan fingerprint density at radius 3 is 2.43 bits per heavy atom. The molecule has 1 aliphatic carbocycles. The third-order valence-electron chi connectivity index (χ3n) is 4.58. The Morgan fingerprint density at radius 2 is 1.81 bits per heavy atom. The molecule has 1 saturated heterocycles. The zero-order valence-electron chi connectivity index (χ0n) is 12.7. The second-order valence-corrected chi connectivity index (χ2v) is 6.70. The van der Waals surface area contributed by atoms with Gasteiger partial charge in [0.25, 0.3) is 0 Å². The fraction of sp³-hybridized carbons (Fsp3) is 0.588. The van der Waals surface area contributed by atoms with E-state index in [-0.39, 0.29) is 6.04 Å². The van der Waals surface area contributed by atoms with Gasteiger partial charge in [0.15, 0.2) is 5.11 Å². The van der Waals surface area contributed by atoms with Gasteiger partial charge in [-0.05, 0) is 50.4 Å². The largest absolute Gasteiger partial charge is 0.360 e. The van der Waals surface area contributed by atoms with E-state index in [4.69, 9.17) is 12.2 Å². The Bertz CT molecular complexity index is 464. The van der Waals surface area contributed by atoms with E-state index in [0.717, 1.165) is 11.2 Å². The first-order chi connectivity index (χ1) is 10.2. The molecule has 1 atom stereocenters. The maximum atomic E-state index is 5.47. The second kappa shape index (κ2) is 6.75. The number of rotatable bonds is 4. The van der Waals surface area contributed by atoms with Crippen molar-refractivity contribution in [1.29, 1.82) is 0 Å². The van der Waals surface area contributed by atoms with Gasteiger partial charge in [-0.1, -0.05) is 30.3 Å². The monoisotopic (exact) mass is 303 g/mol. The molecule has 2 N–H and O–H groups in total. The smallest absolute Gasteiger partial charge is 0.166 e. The zero-order valence-corrected chi connectivity index (χ0v) is 13.5. The Morgan fingerprint density at radius 1 is 1.14 bits per heavy atom. The molecule has 3 rings (SSSR count). The lowest BCUT2D eigenvalue weighted by Crippen LogP contribution is -2.48. The van der Waals surface area contributed by atoms with Gasteiger partial charge >= 0.3 is 0 Å². The maximum Gasteiger partial charge on any atom is 0.166 e. The van der Waals surface area contributed by atoms with Crippen molar-refractivity contribution in [3.8, 4) is 0 Å². The zero-order chi connectivity index (χ0) is 14.7. The van der Waals surface area contributed by atoms with Gasteiger partial charge in [0.2, 0.25) is 0 Å². The molecule has 4 heteroatoms. The molecule has 2 aliphatic rings. The number of hydrogen-bond donors (Lipinski definition) is 2. The first-order valence-corrected chi connectivity index (χ1v) is 8.49. The second-order valence-electron chi connectivity index (χ2n) is 6.29. The van der Waals surface area contributed by atoms with E-state index in [1.165, 1.54) is 44.3 Å². The lowest BCUT2D eigenvalue weighted by atomic mass is 10.1. The average Bonchev–Trinajstić information content (AvgIpc) is 3.33. The van der Waals surface area contributed by atoms with Crippen molar-refractivity contribution in [3.63, 3.8) is 0 Å². The number of nitrogens with one attached hydrogen (secondary N) is 2. The standard InChI is InChI=1S/C17H25N3S/c1-13(14-5-3-2-4-6-14)18-17(21)19-15-9-11-20(12-10-15)16-7-8-16/h2-6,13,15-16H,7-12H2,1H3,(H2,18,19,21)/t13-/m0/s1. The van der Waals surface area contributed by atoms with Crippen LogP contribution in [-0.4, -0.2) is 35.2 Å². The third-order valence-corrected chi connectivity index (χ3v) is 4.81. The van der Waals surface area contributed by atoms with Crippen molar-refractivity contribution in [2.75, 3.05) is 13.1 Å².